The Bertz CT molecular complexity index is 636. The van der Waals surface area contributed by atoms with Crippen molar-refractivity contribution in [2.45, 2.75) is 32.4 Å². The van der Waals surface area contributed by atoms with Crippen LogP contribution in [-0.4, -0.2) is 25.7 Å². The first kappa shape index (κ1) is 17.3. The maximum atomic E-state index is 5.76. The van der Waals surface area contributed by atoms with E-state index >= 15 is 0 Å². The predicted molar refractivity (Wildman–Crippen MR) is 103 cm³/mol. The summed E-state index contributed by atoms with van der Waals surface area (Å²) < 4.78 is 6.88. The molecule has 128 valence electrons. The topological polar surface area (TPSA) is 25.7 Å². The Morgan fingerprint density at radius 3 is 2.50 bits per heavy atom. The molecule has 0 atom stereocenters. The first-order valence-electron chi connectivity index (χ1n) is 8.81. The highest BCUT2D eigenvalue weighted by Gasteiger charge is 2.23. The second-order valence-electron chi connectivity index (χ2n) is 6.39. The van der Waals surface area contributed by atoms with Crippen LogP contribution in [0.5, 0.6) is 5.75 Å². The van der Waals surface area contributed by atoms with E-state index < -0.39 is 0 Å². The van der Waals surface area contributed by atoms with Crippen LogP contribution in [0.3, 0.4) is 0 Å². The number of ether oxygens (including phenoxy) is 1. The van der Waals surface area contributed by atoms with E-state index in [1.165, 1.54) is 37.2 Å². The molecule has 24 heavy (non-hydrogen) atoms. The van der Waals surface area contributed by atoms with E-state index in [-0.39, 0.29) is 0 Å². The summed E-state index contributed by atoms with van der Waals surface area (Å²) in [4.78, 5) is 1.65. The van der Waals surface area contributed by atoms with Crippen LogP contribution in [0.4, 0.5) is 5.69 Å². The zero-order valence-corrected chi connectivity index (χ0v) is 15.8. The number of piperidine rings is 1. The van der Waals surface area contributed by atoms with Gasteiger partial charge in [-0.2, -0.15) is 0 Å². The van der Waals surface area contributed by atoms with Gasteiger partial charge >= 0.3 is 0 Å². The van der Waals surface area contributed by atoms with Crippen LogP contribution in [0.25, 0.3) is 0 Å². The van der Waals surface area contributed by atoms with Crippen LogP contribution in [0.2, 0.25) is 0 Å². The summed E-state index contributed by atoms with van der Waals surface area (Å²) in [6.07, 6.45) is 2.42. The van der Waals surface area contributed by atoms with Crippen molar-refractivity contribution < 1.29 is 9.64 Å². The SMILES string of the molecule is CCOc1ccccc1C[NH+]1CCC(Nc2ccc(Br)cc2)CC1. The third-order valence-electron chi connectivity index (χ3n) is 4.62. The summed E-state index contributed by atoms with van der Waals surface area (Å²) in [5.41, 5.74) is 2.54. The fourth-order valence-corrected chi connectivity index (χ4v) is 3.61. The molecule has 0 unspecified atom stereocenters. The van der Waals surface area contributed by atoms with Gasteiger partial charge in [0.05, 0.1) is 19.7 Å². The van der Waals surface area contributed by atoms with Crippen LogP contribution in [-0.2, 0) is 6.54 Å². The van der Waals surface area contributed by atoms with Crippen molar-refractivity contribution >= 4 is 21.6 Å². The molecule has 1 saturated heterocycles. The third-order valence-corrected chi connectivity index (χ3v) is 5.15. The van der Waals surface area contributed by atoms with Gasteiger partial charge in [-0.3, -0.25) is 0 Å². The quantitative estimate of drug-likeness (QED) is 0.790. The van der Waals surface area contributed by atoms with Gasteiger partial charge in [-0.1, -0.05) is 28.1 Å². The van der Waals surface area contributed by atoms with Crippen molar-refractivity contribution in [3.05, 3.63) is 58.6 Å². The van der Waals surface area contributed by atoms with Gasteiger partial charge < -0.3 is 15.0 Å². The minimum atomic E-state index is 0.581. The number of benzene rings is 2. The van der Waals surface area contributed by atoms with Crippen molar-refractivity contribution in [2.75, 3.05) is 25.0 Å². The van der Waals surface area contributed by atoms with E-state index in [2.05, 4.69) is 69.8 Å². The van der Waals surface area contributed by atoms with Gasteiger partial charge in [-0.25, -0.2) is 0 Å². The van der Waals surface area contributed by atoms with Gasteiger partial charge in [0.1, 0.15) is 12.3 Å². The molecule has 0 bridgehead atoms. The Morgan fingerprint density at radius 2 is 1.79 bits per heavy atom. The average molecular weight is 390 g/mol. The molecular weight excluding hydrogens is 364 g/mol. The Morgan fingerprint density at radius 1 is 1.08 bits per heavy atom. The number of para-hydroxylation sites is 1. The zero-order chi connectivity index (χ0) is 16.8. The molecule has 0 aromatic heterocycles. The van der Waals surface area contributed by atoms with Gasteiger partial charge in [0, 0.05) is 34.6 Å². The lowest BCUT2D eigenvalue weighted by atomic mass is 10.0. The lowest BCUT2D eigenvalue weighted by Crippen LogP contribution is -3.12. The summed E-state index contributed by atoms with van der Waals surface area (Å²) in [5.74, 6) is 1.04. The van der Waals surface area contributed by atoms with Crippen molar-refractivity contribution in [3.63, 3.8) is 0 Å². The minimum absolute atomic E-state index is 0.581. The number of anilines is 1. The number of rotatable bonds is 6. The second kappa shape index (κ2) is 8.54. The van der Waals surface area contributed by atoms with Crippen LogP contribution in [0, 0.1) is 0 Å². The largest absolute Gasteiger partial charge is 0.493 e. The lowest BCUT2D eigenvalue weighted by Gasteiger charge is -2.30. The molecule has 2 aromatic carbocycles. The Labute approximate surface area is 153 Å². The van der Waals surface area contributed by atoms with E-state index in [1.54, 1.807) is 4.90 Å². The molecule has 2 N–H and O–H groups in total. The van der Waals surface area contributed by atoms with Gasteiger partial charge in [-0.05, 0) is 43.3 Å². The first-order chi connectivity index (χ1) is 11.7. The van der Waals surface area contributed by atoms with Crippen molar-refractivity contribution in [1.82, 2.24) is 0 Å². The predicted octanol–water partition coefficient (Wildman–Crippen LogP) is 3.51. The monoisotopic (exact) mass is 389 g/mol. The maximum Gasteiger partial charge on any atom is 0.128 e. The second-order valence-corrected chi connectivity index (χ2v) is 7.31. The molecule has 0 saturated carbocycles. The molecular formula is C20H26BrN2O+. The smallest absolute Gasteiger partial charge is 0.128 e. The summed E-state index contributed by atoms with van der Waals surface area (Å²) in [5, 5.41) is 3.67. The van der Waals surface area contributed by atoms with Gasteiger partial charge in [0.25, 0.3) is 0 Å². The Balaban J connectivity index is 1.51. The number of quaternary nitrogens is 1. The van der Waals surface area contributed by atoms with Crippen molar-refractivity contribution in [1.29, 1.82) is 0 Å². The minimum Gasteiger partial charge on any atom is -0.493 e. The maximum absolute atomic E-state index is 5.76. The number of likely N-dealkylation sites (tertiary alicyclic amines) is 1. The van der Waals surface area contributed by atoms with Crippen LogP contribution in [0.1, 0.15) is 25.3 Å². The third kappa shape index (κ3) is 4.74. The normalized spacial score (nSPS) is 20.6. The summed E-state index contributed by atoms with van der Waals surface area (Å²) in [6.45, 7) is 6.24. The fourth-order valence-electron chi connectivity index (χ4n) is 3.34. The molecule has 0 aliphatic carbocycles. The van der Waals surface area contributed by atoms with Gasteiger partial charge in [0.15, 0.2) is 0 Å². The fraction of sp³-hybridized carbons (Fsp3) is 0.400. The Hall–Kier alpha value is -1.52. The number of hydrogen-bond acceptors (Lipinski definition) is 2. The number of halogens is 1. The molecule has 0 spiro atoms. The van der Waals surface area contributed by atoms with Crippen molar-refractivity contribution in [2.24, 2.45) is 0 Å². The zero-order valence-electron chi connectivity index (χ0n) is 14.2. The Kier molecular flexibility index (Phi) is 6.16. The number of hydrogen-bond donors (Lipinski definition) is 2. The average Bonchev–Trinajstić information content (AvgIpc) is 2.61. The van der Waals surface area contributed by atoms with E-state index in [0.29, 0.717) is 6.04 Å². The molecule has 0 amide bonds. The van der Waals surface area contributed by atoms with Crippen LogP contribution in [0.15, 0.2) is 53.0 Å². The van der Waals surface area contributed by atoms with E-state index in [4.69, 9.17) is 4.74 Å². The highest BCUT2D eigenvalue weighted by molar-refractivity contribution is 9.10. The molecule has 3 rings (SSSR count). The molecule has 0 radical (unpaired) electrons. The summed E-state index contributed by atoms with van der Waals surface area (Å²) in [6, 6.07) is 17.5. The van der Waals surface area contributed by atoms with Crippen LogP contribution < -0.4 is 15.0 Å². The molecule has 4 heteroatoms. The molecule has 2 aromatic rings. The molecule has 1 heterocycles. The van der Waals surface area contributed by atoms with Crippen LogP contribution >= 0.6 is 15.9 Å². The molecule has 1 aliphatic rings. The molecule has 3 nitrogen and oxygen atoms in total. The van der Waals surface area contributed by atoms with E-state index in [9.17, 15) is 0 Å². The standard InChI is InChI=1S/C20H25BrN2O/c1-2-24-20-6-4-3-5-16(20)15-23-13-11-19(12-14-23)22-18-9-7-17(21)8-10-18/h3-10,19,22H,2,11-15H2,1H3/p+1. The molecule has 1 fully saturated rings. The highest BCUT2D eigenvalue weighted by Crippen LogP contribution is 2.18. The van der Waals surface area contributed by atoms with Crippen molar-refractivity contribution in [3.8, 4) is 5.75 Å². The highest BCUT2D eigenvalue weighted by atomic mass is 79.9. The molecule has 1 aliphatic heterocycles. The van der Waals surface area contributed by atoms with E-state index in [0.717, 1.165) is 23.4 Å². The first-order valence-corrected chi connectivity index (χ1v) is 9.60. The summed E-state index contributed by atoms with van der Waals surface area (Å²) in [7, 11) is 0. The number of nitrogens with one attached hydrogen (secondary N) is 2. The summed E-state index contributed by atoms with van der Waals surface area (Å²) >= 11 is 3.49. The van der Waals surface area contributed by atoms with Gasteiger partial charge in [0.2, 0.25) is 0 Å². The lowest BCUT2D eigenvalue weighted by molar-refractivity contribution is -0.918. The van der Waals surface area contributed by atoms with E-state index in [1.807, 2.05) is 6.92 Å². The van der Waals surface area contributed by atoms with Gasteiger partial charge in [-0.15, -0.1) is 0 Å².